The number of aliphatic hydroxyl groups is 1. The lowest BCUT2D eigenvalue weighted by Crippen LogP contribution is -2.46. The van der Waals surface area contributed by atoms with Crippen LogP contribution in [-0.2, 0) is 4.57 Å². The number of benzene rings is 2. The number of hydrogen-bond donors (Lipinski definition) is 4. The molecule has 2 aromatic rings. The zero-order chi connectivity index (χ0) is 22.8. The highest BCUT2D eigenvalue weighted by atomic mass is 31.1. The summed E-state index contributed by atoms with van der Waals surface area (Å²) in [6, 6.07) is 15.8. The molecule has 0 aliphatic heterocycles. The zero-order valence-electron chi connectivity index (χ0n) is 18.2. The van der Waals surface area contributed by atoms with E-state index in [2.05, 4.69) is 5.32 Å². The van der Waals surface area contributed by atoms with Crippen LogP contribution in [0.3, 0.4) is 0 Å². The van der Waals surface area contributed by atoms with Crippen molar-refractivity contribution in [3.8, 4) is 17.2 Å². The summed E-state index contributed by atoms with van der Waals surface area (Å²) >= 11 is 0. The standard InChI is InChI=1S/C24H32NO6P/c26-19-9-11-21(12-10-19)30-18-20(27)17-25-16-13-23(31-22-7-3-1-4-8-22)24(32(28)29)14-5-2-6-15-24/h1,3-4,7-12,20,23,25,27H,2,5-6,13-18H2,(H-,26,28,29)/p+1. The maximum atomic E-state index is 12.5. The monoisotopic (exact) mass is 462 g/mol. The van der Waals surface area contributed by atoms with Crippen LogP contribution in [0.1, 0.15) is 38.5 Å². The summed E-state index contributed by atoms with van der Waals surface area (Å²) in [6.07, 6.45) is 3.75. The second-order valence-corrected chi connectivity index (χ2v) is 9.74. The Balaban J connectivity index is 1.52. The average Bonchev–Trinajstić information content (AvgIpc) is 2.81. The summed E-state index contributed by atoms with van der Waals surface area (Å²) in [4.78, 5) is 10.3. The molecule has 7 nitrogen and oxygen atoms in total. The number of aliphatic hydroxyl groups excluding tert-OH is 1. The number of phenols is 1. The van der Waals surface area contributed by atoms with Crippen molar-refractivity contribution in [2.75, 3.05) is 19.7 Å². The van der Waals surface area contributed by atoms with E-state index >= 15 is 0 Å². The summed E-state index contributed by atoms with van der Waals surface area (Å²) in [5.41, 5.74) is 0. The van der Waals surface area contributed by atoms with Gasteiger partial charge in [0, 0.05) is 25.8 Å². The Hall–Kier alpha value is -2.18. The van der Waals surface area contributed by atoms with Crippen LogP contribution in [0.25, 0.3) is 0 Å². The predicted molar refractivity (Wildman–Crippen MR) is 124 cm³/mol. The fraction of sp³-hybridized carbons (Fsp3) is 0.500. The van der Waals surface area contributed by atoms with Gasteiger partial charge >= 0.3 is 8.03 Å². The van der Waals surface area contributed by atoms with Crippen molar-refractivity contribution in [2.24, 2.45) is 0 Å². The number of aromatic hydroxyl groups is 1. The first kappa shape index (κ1) is 24.5. The molecule has 3 unspecified atom stereocenters. The van der Waals surface area contributed by atoms with E-state index in [4.69, 9.17) is 9.47 Å². The minimum absolute atomic E-state index is 0.119. The van der Waals surface area contributed by atoms with E-state index in [0.29, 0.717) is 43.9 Å². The normalized spacial score (nSPS) is 17.9. The van der Waals surface area contributed by atoms with Gasteiger partial charge in [-0.15, -0.1) is 0 Å². The third-order valence-electron chi connectivity index (χ3n) is 5.96. The third-order valence-corrected chi connectivity index (χ3v) is 7.46. The minimum Gasteiger partial charge on any atom is -0.508 e. The molecule has 8 heteroatoms. The number of ether oxygens (including phenoxy) is 2. The van der Waals surface area contributed by atoms with Crippen LogP contribution in [0.2, 0.25) is 0 Å². The average molecular weight is 463 g/mol. The van der Waals surface area contributed by atoms with Gasteiger partial charge < -0.3 is 25.0 Å². The highest BCUT2D eigenvalue weighted by Gasteiger charge is 2.57. The van der Waals surface area contributed by atoms with E-state index in [9.17, 15) is 19.7 Å². The van der Waals surface area contributed by atoms with Crippen molar-refractivity contribution >= 4 is 8.03 Å². The number of nitrogens with one attached hydrogen (secondary N) is 1. The van der Waals surface area contributed by atoms with Crippen LogP contribution in [0, 0.1) is 0 Å². The van der Waals surface area contributed by atoms with E-state index in [0.717, 1.165) is 19.3 Å². The number of rotatable bonds is 12. The van der Waals surface area contributed by atoms with Crippen molar-refractivity contribution in [2.45, 2.75) is 55.9 Å². The van der Waals surface area contributed by atoms with Gasteiger partial charge in [0.1, 0.15) is 30.0 Å². The molecule has 1 saturated carbocycles. The smallest absolute Gasteiger partial charge is 0.508 e. The van der Waals surface area contributed by atoms with Crippen LogP contribution in [-0.4, -0.2) is 52.2 Å². The van der Waals surface area contributed by atoms with E-state index < -0.39 is 25.4 Å². The molecule has 1 fully saturated rings. The molecule has 0 bridgehead atoms. The molecule has 0 heterocycles. The van der Waals surface area contributed by atoms with E-state index in [-0.39, 0.29) is 12.4 Å². The first-order valence-electron chi connectivity index (χ1n) is 11.2. The van der Waals surface area contributed by atoms with Crippen molar-refractivity contribution in [1.29, 1.82) is 0 Å². The van der Waals surface area contributed by atoms with Gasteiger partial charge in [0.15, 0.2) is 6.10 Å². The van der Waals surface area contributed by atoms with Gasteiger partial charge in [-0.1, -0.05) is 24.6 Å². The third kappa shape index (κ3) is 6.91. The Labute approximate surface area is 190 Å². The molecule has 4 N–H and O–H groups in total. The molecule has 2 aromatic carbocycles. The SMILES string of the molecule is O=[P+](O)C1(C(CCNCC(O)COc2ccc(O)cc2)Oc2ccccc2)CCCCC1. The minimum atomic E-state index is -2.40. The van der Waals surface area contributed by atoms with Gasteiger partial charge in [-0.05, 0) is 60.3 Å². The Morgan fingerprint density at radius 3 is 2.34 bits per heavy atom. The number of para-hydroxylation sites is 1. The topological polar surface area (TPSA) is 108 Å². The molecular formula is C24H33NO6P+. The maximum absolute atomic E-state index is 12.5. The molecule has 0 aromatic heterocycles. The summed E-state index contributed by atoms with van der Waals surface area (Å²) < 4.78 is 24.2. The number of phenolic OH excluding ortho intramolecular Hbond substituents is 1. The summed E-state index contributed by atoms with van der Waals surface area (Å²) in [6.45, 7) is 0.987. The molecule has 1 aliphatic carbocycles. The van der Waals surface area contributed by atoms with Crippen molar-refractivity contribution < 1.29 is 29.1 Å². The Bertz CT molecular complexity index is 826. The fourth-order valence-electron chi connectivity index (χ4n) is 4.20. The lowest BCUT2D eigenvalue weighted by atomic mass is 9.82. The van der Waals surface area contributed by atoms with Crippen LogP contribution >= 0.6 is 8.03 Å². The second kappa shape index (κ2) is 12.2. The largest absolute Gasteiger partial charge is 0.515 e. The van der Waals surface area contributed by atoms with Gasteiger partial charge in [-0.3, -0.25) is 0 Å². The fourth-order valence-corrected chi connectivity index (χ4v) is 5.32. The van der Waals surface area contributed by atoms with Gasteiger partial charge in [0.25, 0.3) is 0 Å². The van der Waals surface area contributed by atoms with Crippen molar-refractivity contribution in [1.82, 2.24) is 5.32 Å². The molecule has 174 valence electrons. The van der Waals surface area contributed by atoms with Crippen molar-refractivity contribution in [3.05, 3.63) is 54.6 Å². The van der Waals surface area contributed by atoms with E-state index in [1.165, 1.54) is 12.1 Å². The quantitative estimate of drug-likeness (QED) is 0.279. The van der Waals surface area contributed by atoms with Crippen molar-refractivity contribution in [3.63, 3.8) is 0 Å². The van der Waals surface area contributed by atoms with Crippen LogP contribution in [0.4, 0.5) is 0 Å². The van der Waals surface area contributed by atoms with Gasteiger partial charge in [-0.2, -0.15) is 4.89 Å². The Morgan fingerprint density at radius 1 is 1.00 bits per heavy atom. The molecule has 3 atom stereocenters. The first-order valence-corrected chi connectivity index (χ1v) is 12.4. The lowest BCUT2D eigenvalue weighted by molar-refractivity contribution is 0.0968. The van der Waals surface area contributed by atoms with Gasteiger partial charge in [0.2, 0.25) is 5.16 Å². The maximum Gasteiger partial charge on any atom is 0.515 e. The molecule has 1 aliphatic rings. The Kier molecular flexibility index (Phi) is 9.30. The lowest BCUT2D eigenvalue weighted by Gasteiger charge is -2.34. The molecule has 0 amide bonds. The highest BCUT2D eigenvalue weighted by molar-refractivity contribution is 7.40. The molecular weight excluding hydrogens is 429 g/mol. The second-order valence-electron chi connectivity index (χ2n) is 8.31. The predicted octanol–water partition coefficient (Wildman–Crippen LogP) is 4.00. The van der Waals surface area contributed by atoms with E-state index in [1.54, 1.807) is 12.1 Å². The van der Waals surface area contributed by atoms with Crippen LogP contribution in [0.15, 0.2) is 54.6 Å². The molecule has 32 heavy (non-hydrogen) atoms. The van der Waals surface area contributed by atoms with Gasteiger partial charge in [-0.25, -0.2) is 0 Å². The molecule has 0 radical (unpaired) electrons. The molecule has 0 spiro atoms. The van der Waals surface area contributed by atoms with Crippen LogP contribution < -0.4 is 14.8 Å². The summed E-state index contributed by atoms with van der Waals surface area (Å²) in [5.74, 6) is 1.43. The van der Waals surface area contributed by atoms with E-state index in [1.807, 2.05) is 30.3 Å². The highest BCUT2D eigenvalue weighted by Crippen LogP contribution is 2.50. The molecule has 0 saturated heterocycles. The Morgan fingerprint density at radius 2 is 1.69 bits per heavy atom. The summed E-state index contributed by atoms with van der Waals surface area (Å²) in [7, 11) is -2.40. The number of hydrogen-bond acceptors (Lipinski definition) is 6. The summed E-state index contributed by atoms with van der Waals surface area (Å²) in [5, 5.41) is 22.0. The van der Waals surface area contributed by atoms with Gasteiger partial charge in [0.05, 0.1) is 0 Å². The zero-order valence-corrected chi connectivity index (χ0v) is 19.1. The molecule has 3 rings (SSSR count). The van der Waals surface area contributed by atoms with Crippen LogP contribution in [0.5, 0.6) is 17.2 Å². The first-order chi connectivity index (χ1) is 15.5.